The molecular weight excluding hydrogens is 403 g/mol. The van der Waals surface area contributed by atoms with Crippen molar-refractivity contribution in [3.63, 3.8) is 0 Å². The van der Waals surface area contributed by atoms with Crippen LogP contribution in [0.4, 0.5) is 24.5 Å². The molecule has 0 amide bonds. The molecule has 0 saturated carbocycles. The van der Waals surface area contributed by atoms with E-state index in [1.807, 2.05) is 0 Å². The van der Waals surface area contributed by atoms with Gasteiger partial charge in [0.2, 0.25) is 0 Å². The number of ether oxygens (including phenoxy) is 1. The second-order valence-corrected chi connectivity index (χ2v) is 6.22. The number of halogens is 3. The van der Waals surface area contributed by atoms with Gasteiger partial charge in [-0.1, -0.05) is 6.07 Å². The molecule has 0 aliphatic carbocycles. The third-order valence-corrected chi connectivity index (χ3v) is 4.28. The molecule has 0 unspecified atom stereocenters. The number of hydrogen-bond donors (Lipinski definition) is 2. The van der Waals surface area contributed by atoms with Crippen molar-refractivity contribution in [2.75, 3.05) is 25.5 Å². The summed E-state index contributed by atoms with van der Waals surface area (Å²) in [6, 6.07) is 7.76. The van der Waals surface area contributed by atoms with Crippen molar-refractivity contribution in [2.24, 2.45) is 5.73 Å². The van der Waals surface area contributed by atoms with Gasteiger partial charge in [-0.15, -0.1) is 0 Å². The van der Waals surface area contributed by atoms with Crippen LogP contribution in [0, 0.1) is 10.1 Å². The maximum absolute atomic E-state index is 13.2. The number of anilines is 1. The van der Waals surface area contributed by atoms with Crippen LogP contribution in [0.3, 0.4) is 0 Å². The summed E-state index contributed by atoms with van der Waals surface area (Å²) in [5.74, 6) is -0.341. The van der Waals surface area contributed by atoms with Crippen LogP contribution in [0.15, 0.2) is 48.9 Å². The van der Waals surface area contributed by atoms with Gasteiger partial charge in [-0.25, -0.2) is 4.98 Å². The van der Waals surface area contributed by atoms with Crippen LogP contribution < -0.4 is 15.8 Å². The lowest BCUT2D eigenvalue weighted by molar-refractivity contribution is -0.384. The van der Waals surface area contributed by atoms with Crippen molar-refractivity contribution in [1.82, 2.24) is 9.55 Å². The molecule has 8 nitrogen and oxygen atoms in total. The third-order valence-electron chi connectivity index (χ3n) is 4.28. The summed E-state index contributed by atoms with van der Waals surface area (Å²) in [4.78, 5) is 14.8. The topological polar surface area (TPSA) is 108 Å². The zero-order chi connectivity index (χ0) is 21.9. The standard InChI is InChI=1S/C19H18F3N5O3/c1-24-15-5-3-13(27(28)29)9-17(15)26-10-16(25-11-26)12-2-4-14(19(20,21)22)18(8-12)30-7-6-23/h2-5,8-11,24H,6-7,23H2,1H3. The van der Waals surface area contributed by atoms with E-state index in [2.05, 4.69) is 10.3 Å². The maximum Gasteiger partial charge on any atom is 0.419 e. The average Bonchev–Trinajstić information content (AvgIpc) is 3.20. The highest BCUT2D eigenvalue weighted by atomic mass is 19.4. The minimum Gasteiger partial charge on any atom is -0.492 e. The number of benzene rings is 2. The molecule has 0 bridgehead atoms. The smallest absolute Gasteiger partial charge is 0.419 e. The summed E-state index contributed by atoms with van der Waals surface area (Å²) in [6.07, 6.45) is -1.59. The van der Waals surface area contributed by atoms with E-state index in [-0.39, 0.29) is 24.6 Å². The molecular formula is C19H18F3N5O3. The molecule has 3 rings (SSSR count). The normalized spacial score (nSPS) is 11.4. The van der Waals surface area contributed by atoms with Crippen LogP contribution in [-0.4, -0.2) is 34.7 Å². The molecule has 0 atom stereocenters. The Morgan fingerprint density at radius 3 is 2.67 bits per heavy atom. The Bertz CT molecular complexity index is 1070. The molecule has 0 saturated heterocycles. The van der Waals surface area contributed by atoms with E-state index in [0.29, 0.717) is 22.6 Å². The van der Waals surface area contributed by atoms with E-state index in [9.17, 15) is 23.3 Å². The van der Waals surface area contributed by atoms with Gasteiger partial charge in [0.05, 0.1) is 33.9 Å². The minimum atomic E-state index is -4.58. The van der Waals surface area contributed by atoms with E-state index >= 15 is 0 Å². The molecule has 1 aromatic heterocycles. The third kappa shape index (κ3) is 4.35. The number of nitrogens with one attached hydrogen (secondary N) is 1. The summed E-state index contributed by atoms with van der Waals surface area (Å²) in [7, 11) is 1.67. The second-order valence-electron chi connectivity index (χ2n) is 6.22. The largest absolute Gasteiger partial charge is 0.492 e. The van der Waals surface area contributed by atoms with Crippen LogP contribution in [0.25, 0.3) is 16.9 Å². The number of nitrogens with two attached hydrogens (primary N) is 1. The highest BCUT2D eigenvalue weighted by Crippen LogP contribution is 2.38. The summed E-state index contributed by atoms with van der Waals surface area (Å²) in [5.41, 5.74) is 6.17. The maximum atomic E-state index is 13.2. The zero-order valence-electron chi connectivity index (χ0n) is 15.8. The van der Waals surface area contributed by atoms with Crippen LogP contribution in [0.1, 0.15) is 5.56 Å². The van der Waals surface area contributed by atoms with E-state index in [1.165, 1.54) is 30.6 Å². The first kappa shape index (κ1) is 21.1. The van der Waals surface area contributed by atoms with Crippen molar-refractivity contribution < 1.29 is 22.8 Å². The predicted octanol–water partition coefficient (Wildman–Crippen LogP) is 3.85. The quantitative estimate of drug-likeness (QED) is 0.443. The van der Waals surface area contributed by atoms with E-state index < -0.39 is 16.7 Å². The molecule has 1 heterocycles. The van der Waals surface area contributed by atoms with Gasteiger partial charge < -0.3 is 20.4 Å². The van der Waals surface area contributed by atoms with Gasteiger partial charge in [-0.3, -0.25) is 10.1 Å². The van der Waals surface area contributed by atoms with Crippen molar-refractivity contribution in [1.29, 1.82) is 0 Å². The first-order valence-electron chi connectivity index (χ1n) is 8.79. The molecule has 158 valence electrons. The van der Waals surface area contributed by atoms with Crippen molar-refractivity contribution in [2.45, 2.75) is 6.18 Å². The summed E-state index contributed by atoms with van der Waals surface area (Å²) >= 11 is 0. The van der Waals surface area contributed by atoms with E-state index in [1.54, 1.807) is 23.9 Å². The average molecular weight is 421 g/mol. The van der Waals surface area contributed by atoms with Gasteiger partial charge in [0, 0.05) is 37.5 Å². The number of alkyl halides is 3. The number of aromatic nitrogens is 2. The Balaban J connectivity index is 2.02. The number of rotatable bonds is 7. The Morgan fingerprint density at radius 2 is 2.03 bits per heavy atom. The summed E-state index contributed by atoms with van der Waals surface area (Å²) in [5, 5.41) is 14.0. The number of nitrogens with zero attached hydrogens (tertiary/aromatic N) is 3. The molecule has 0 fully saturated rings. The van der Waals surface area contributed by atoms with Gasteiger partial charge in [-0.2, -0.15) is 13.2 Å². The number of hydrogen-bond acceptors (Lipinski definition) is 6. The second kappa shape index (κ2) is 8.41. The predicted molar refractivity (Wildman–Crippen MR) is 105 cm³/mol. The van der Waals surface area contributed by atoms with Crippen LogP contribution in [-0.2, 0) is 6.18 Å². The fourth-order valence-electron chi connectivity index (χ4n) is 2.87. The number of nitro groups is 1. The number of imidazole rings is 1. The van der Waals surface area contributed by atoms with E-state index in [0.717, 1.165) is 6.07 Å². The lowest BCUT2D eigenvalue weighted by Gasteiger charge is -2.14. The first-order chi connectivity index (χ1) is 14.2. The molecule has 11 heteroatoms. The first-order valence-corrected chi connectivity index (χ1v) is 8.79. The van der Waals surface area contributed by atoms with Gasteiger partial charge in [-0.05, 0) is 18.2 Å². The Morgan fingerprint density at radius 1 is 1.27 bits per heavy atom. The van der Waals surface area contributed by atoms with E-state index in [4.69, 9.17) is 10.5 Å². The Kier molecular flexibility index (Phi) is 5.92. The van der Waals surface area contributed by atoms with Gasteiger partial charge in [0.25, 0.3) is 5.69 Å². The lowest BCUT2D eigenvalue weighted by Crippen LogP contribution is -2.14. The number of nitro benzene ring substituents is 1. The van der Waals surface area contributed by atoms with Crippen molar-refractivity contribution >= 4 is 11.4 Å². The molecule has 0 spiro atoms. The minimum absolute atomic E-state index is 0.0652. The molecule has 2 aromatic carbocycles. The monoisotopic (exact) mass is 421 g/mol. The fraction of sp³-hybridized carbons (Fsp3) is 0.211. The fourth-order valence-corrected chi connectivity index (χ4v) is 2.87. The molecule has 30 heavy (non-hydrogen) atoms. The molecule has 0 radical (unpaired) electrons. The van der Waals surface area contributed by atoms with Crippen molar-refractivity contribution in [3.05, 3.63) is 64.6 Å². The molecule has 3 aromatic rings. The van der Waals surface area contributed by atoms with Crippen LogP contribution in [0.5, 0.6) is 5.75 Å². The highest BCUT2D eigenvalue weighted by Gasteiger charge is 2.34. The highest BCUT2D eigenvalue weighted by molar-refractivity contribution is 5.67. The Labute approximate surface area is 169 Å². The van der Waals surface area contributed by atoms with Gasteiger partial charge in [0.15, 0.2) is 0 Å². The van der Waals surface area contributed by atoms with Crippen LogP contribution >= 0.6 is 0 Å². The zero-order valence-corrected chi connectivity index (χ0v) is 15.8. The molecule has 0 aliphatic heterocycles. The summed E-state index contributed by atoms with van der Waals surface area (Å²) < 4.78 is 46.4. The lowest BCUT2D eigenvalue weighted by atomic mass is 10.1. The SMILES string of the molecule is CNc1ccc([N+](=O)[O-])cc1-n1cnc(-c2ccc(C(F)(F)F)c(OCCN)c2)c1. The van der Waals surface area contributed by atoms with Crippen molar-refractivity contribution in [3.8, 4) is 22.7 Å². The van der Waals surface area contributed by atoms with Gasteiger partial charge >= 0.3 is 6.18 Å². The van der Waals surface area contributed by atoms with Gasteiger partial charge in [0.1, 0.15) is 12.4 Å². The Hall–Kier alpha value is -3.60. The summed E-state index contributed by atoms with van der Waals surface area (Å²) in [6.45, 7) is -0.00405. The number of non-ortho nitro benzene ring substituents is 1. The molecule has 3 N–H and O–H groups in total. The van der Waals surface area contributed by atoms with Crippen LogP contribution in [0.2, 0.25) is 0 Å². The molecule has 0 aliphatic rings.